The summed E-state index contributed by atoms with van der Waals surface area (Å²) in [6.07, 6.45) is -0.0303. The molecule has 0 unspecified atom stereocenters. The highest BCUT2D eigenvalue weighted by Gasteiger charge is 2.09. The second-order valence-corrected chi connectivity index (χ2v) is 3.33. The largest absolute Gasteiger partial charge is 0.508 e. The van der Waals surface area contributed by atoms with Gasteiger partial charge in [-0.1, -0.05) is 0 Å². The average molecular weight is 251 g/mol. The van der Waals surface area contributed by atoms with Gasteiger partial charge in [-0.3, -0.25) is 4.79 Å². The fourth-order valence-corrected chi connectivity index (χ4v) is 1.29. The third-order valence-corrected chi connectivity index (χ3v) is 2.02. The second-order valence-electron chi connectivity index (χ2n) is 3.06. The number of carbonyl (C=O) groups excluding carboxylic acids is 1. The number of alkyl halides is 3. The molecule has 0 heterocycles. The summed E-state index contributed by atoms with van der Waals surface area (Å²) in [4.78, 5) is 11.0. The molecular weight excluding hydrogens is 242 g/mol. The van der Waals surface area contributed by atoms with Gasteiger partial charge < -0.3 is 9.84 Å². The molecule has 88 valence electrons. The van der Waals surface area contributed by atoms with Crippen LogP contribution in [0.1, 0.15) is 5.56 Å². The van der Waals surface area contributed by atoms with E-state index in [0.29, 0.717) is 5.56 Å². The van der Waals surface area contributed by atoms with Crippen LogP contribution in [0.25, 0.3) is 0 Å². The van der Waals surface area contributed by atoms with Gasteiger partial charge in [0, 0.05) is 12.5 Å². The van der Waals surface area contributed by atoms with Crippen molar-refractivity contribution < 1.29 is 23.4 Å². The van der Waals surface area contributed by atoms with Crippen molar-refractivity contribution in [3.63, 3.8) is 0 Å². The number of aromatic hydroxyl groups is 1. The summed E-state index contributed by atoms with van der Waals surface area (Å²) in [5.74, 6) is -0.862. The van der Waals surface area contributed by atoms with E-state index in [9.17, 15) is 18.7 Å². The Morgan fingerprint density at radius 3 is 2.69 bits per heavy atom. The molecule has 1 rings (SSSR count). The van der Waals surface area contributed by atoms with Crippen molar-refractivity contribution in [1.82, 2.24) is 0 Å². The minimum atomic E-state index is -2.97. The molecule has 1 aromatic rings. The van der Waals surface area contributed by atoms with Gasteiger partial charge in [-0.25, -0.2) is 0 Å². The Bertz CT molecular complexity index is 382. The Kier molecular flexibility index (Phi) is 4.49. The second kappa shape index (κ2) is 5.65. The maximum Gasteiger partial charge on any atom is 0.387 e. The van der Waals surface area contributed by atoms with Crippen LogP contribution in [-0.4, -0.2) is 23.4 Å². The van der Waals surface area contributed by atoms with Gasteiger partial charge in [0.25, 0.3) is 0 Å². The van der Waals surface area contributed by atoms with Crippen molar-refractivity contribution in [1.29, 1.82) is 0 Å². The summed E-state index contributed by atoms with van der Waals surface area (Å²) in [6, 6.07) is 3.60. The van der Waals surface area contributed by atoms with Crippen LogP contribution in [0.5, 0.6) is 11.5 Å². The Balaban J connectivity index is 2.85. The number of phenols is 1. The summed E-state index contributed by atoms with van der Waals surface area (Å²) < 4.78 is 28.0. The first-order valence-corrected chi connectivity index (χ1v) is 4.90. The first-order chi connectivity index (χ1) is 7.51. The summed E-state index contributed by atoms with van der Waals surface area (Å²) in [5, 5.41) is 9.22. The number of Topliss-reactive ketones (excluding diaryl/α,β-unsaturated/α-hetero) is 1. The lowest BCUT2D eigenvalue weighted by Gasteiger charge is -2.07. The smallest absolute Gasteiger partial charge is 0.387 e. The zero-order valence-corrected chi connectivity index (χ0v) is 8.88. The molecule has 1 aromatic carbocycles. The third-order valence-electron chi connectivity index (χ3n) is 1.73. The highest BCUT2D eigenvalue weighted by molar-refractivity contribution is 6.27. The van der Waals surface area contributed by atoms with Gasteiger partial charge in [0.05, 0.1) is 5.88 Å². The van der Waals surface area contributed by atoms with Gasteiger partial charge in [-0.05, 0) is 17.7 Å². The standard InChI is InChI=1S/C10H9ClF2O3/c11-5-8(15)2-6-1-7(14)4-9(3-6)16-10(12)13/h1,3-4,10,14H,2,5H2. The molecule has 0 atom stereocenters. The van der Waals surface area contributed by atoms with Gasteiger partial charge in [-0.15, -0.1) is 11.6 Å². The van der Waals surface area contributed by atoms with Crippen molar-refractivity contribution in [2.75, 3.05) is 5.88 Å². The average Bonchev–Trinajstić information content (AvgIpc) is 2.15. The summed E-state index contributed by atoms with van der Waals surface area (Å²) in [5.41, 5.74) is 0.376. The lowest BCUT2D eigenvalue weighted by molar-refractivity contribution is -0.116. The third kappa shape index (κ3) is 4.02. The van der Waals surface area contributed by atoms with Gasteiger partial charge in [0.1, 0.15) is 11.5 Å². The maximum absolute atomic E-state index is 11.9. The van der Waals surface area contributed by atoms with E-state index in [0.717, 1.165) is 6.07 Å². The van der Waals surface area contributed by atoms with E-state index in [1.54, 1.807) is 0 Å². The highest BCUT2D eigenvalue weighted by atomic mass is 35.5. The van der Waals surface area contributed by atoms with Crippen LogP contribution in [0.15, 0.2) is 18.2 Å². The predicted molar refractivity (Wildman–Crippen MR) is 54.2 cm³/mol. The van der Waals surface area contributed by atoms with Crippen molar-refractivity contribution in [3.05, 3.63) is 23.8 Å². The predicted octanol–water partition coefficient (Wildman–Crippen LogP) is 2.34. The summed E-state index contributed by atoms with van der Waals surface area (Å²) in [6.45, 7) is -2.97. The molecule has 0 amide bonds. The molecule has 0 aliphatic carbocycles. The van der Waals surface area contributed by atoms with E-state index in [4.69, 9.17) is 11.6 Å². The van der Waals surface area contributed by atoms with Gasteiger partial charge >= 0.3 is 6.61 Å². The monoisotopic (exact) mass is 250 g/mol. The molecule has 0 spiro atoms. The number of ether oxygens (including phenoxy) is 1. The lowest BCUT2D eigenvalue weighted by Crippen LogP contribution is -2.05. The molecule has 0 radical (unpaired) electrons. The minimum Gasteiger partial charge on any atom is -0.508 e. The number of benzene rings is 1. The SMILES string of the molecule is O=C(CCl)Cc1cc(O)cc(OC(F)F)c1. The molecule has 3 nitrogen and oxygen atoms in total. The molecular formula is C10H9ClF2O3. The van der Waals surface area contributed by atoms with Crippen LogP contribution >= 0.6 is 11.6 Å². The molecule has 0 aromatic heterocycles. The van der Waals surface area contributed by atoms with E-state index >= 15 is 0 Å². The van der Waals surface area contributed by atoms with Crippen LogP contribution in [0.4, 0.5) is 8.78 Å². The van der Waals surface area contributed by atoms with Crippen molar-refractivity contribution in [2.24, 2.45) is 0 Å². The van der Waals surface area contributed by atoms with Crippen LogP contribution in [0.2, 0.25) is 0 Å². The first-order valence-electron chi connectivity index (χ1n) is 4.36. The maximum atomic E-state index is 11.9. The zero-order chi connectivity index (χ0) is 12.1. The Morgan fingerprint density at radius 2 is 2.12 bits per heavy atom. The number of phenolic OH excluding ortho intramolecular Hbond substituents is 1. The molecule has 16 heavy (non-hydrogen) atoms. The molecule has 0 fully saturated rings. The number of hydrogen-bond acceptors (Lipinski definition) is 3. The number of rotatable bonds is 5. The lowest BCUT2D eigenvalue weighted by atomic mass is 10.1. The number of ketones is 1. The van der Waals surface area contributed by atoms with E-state index in [2.05, 4.69) is 4.74 Å². The zero-order valence-electron chi connectivity index (χ0n) is 8.12. The highest BCUT2D eigenvalue weighted by Crippen LogP contribution is 2.23. The molecule has 0 aliphatic heterocycles. The normalized spacial score (nSPS) is 10.5. The Morgan fingerprint density at radius 1 is 1.44 bits per heavy atom. The molecule has 0 aliphatic rings. The number of halogens is 3. The fourth-order valence-electron chi connectivity index (χ4n) is 1.19. The summed E-state index contributed by atoms with van der Waals surface area (Å²) >= 11 is 5.30. The van der Waals surface area contributed by atoms with E-state index in [1.807, 2.05) is 0 Å². The molecule has 0 saturated carbocycles. The molecule has 0 bridgehead atoms. The van der Waals surface area contributed by atoms with Crippen molar-refractivity contribution in [2.45, 2.75) is 13.0 Å². The Hall–Kier alpha value is -1.36. The van der Waals surface area contributed by atoms with Crippen LogP contribution in [0, 0.1) is 0 Å². The molecule has 0 saturated heterocycles. The number of hydrogen-bond donors (Lipinski definition) is 1. The topological polar surface area (TPSA) is 46.5 Å². The fraction of sp³-hybridized carbons (Fsp3) is 0.300. The molecule has 6 heteroatoms. The van der Waals surface area contributed by atoms with E-state index in [1.165, 1.54) is 12.1 Å². The first kappa shape index (κ1) is 12.7. The van der Waals surface area contributed by atoms with Crippen LogP contribution in [-0.2, 0) is 11.2 Å². The number of carbonyl (C=O) groups is 1. The Labute approximate surface area is 95.6 Å². The van der Waals surface area contributed by atoms with Crippen molar-refractivity contribution in [3.8, 4) is 11.5 Å². The quantitative estimate of drug-likeness (QED) is 0.816. The van der Waals surface area contributed by atoms with Gasteiger partial charge in [-0.2, -0.15) is 8.78 Å². The van der Waals surface area contributed by atoms with E-state index < -0.39 is 6.61 Å². The van der Waals surface area contributed by atoms with Gasteiger partial charge in [0.2, 0.25) is 0 Å². The molecule has 1 N–H and O–H groups in total. The van der Waals surface area contributed by atoms with Crippen molar-refractivity contribution >= 4 is 17.4 Å². The van der Waals surface area contributed by atoms with E-state index in [-0.39, 0.29) is 29.6 Å². The van der Waals surface area contributed by atoms with Crippen LogP contribution in [0.3, 0.4) is 0 Å². The minimum absolute atomic E-state index is 0.0303. The van der Waals surface area contributed by atoms with Gasteiger partial charge in [0.15, 0.2) is 5.78 Å². The van der Waals surface area contributed by atoms with Crippen LogP contribution < -0.4 is 4.74 Å². The summed E-state index contributed by atoms with van der Waals surface area (Å²) in [7, 11) is 0.